The lowest BCUT2D eigenvalue weighted by Gasteiger charge is -2.34. The summed E-state index contributed by atoms with van der Waals surface area (Å²) in [6.45, 7) is 1.55. The summed E-state index contributed by atoms with van der Waals surface area (Å²) in [5.41, 5.74) is 2.87. The van der Waals surface area contributed by atoms with Crippen LogP contribution >= 0.6 is 23.2 Å². The van der Waals surface area contributed by atoms with Crippen LogP contribution in [0.2, 0.25) is 10.0 Å². The third-order valence-corrected chi connectivity index (χ3v) is 7.98. The summed E-state index contributed by atoms with van der Waals surface area (Å²) in [6, 6.07) is 22.0. The summed E-state index contributed by atoms with van der Waals surface area (Å²) in [4.78, 5) is 34.9. The van der Waals surface area contributed by atoms with Crippen molar-refractivity contribution in [1.29, 1.82) is 5.26 Å². The molecule has 5 rings (SSSR count). The number of imide groups is 1. The van der Waals surface area contributed by atoms with Crippen molar-refractivity contribution in [3.63, 3.8) is 0 Å². The zero-order valence-electron chi connectivity index (χ0n) is 21.4. The molecule has 9 heteroatoms. The molecule has 0 radical (unpaired) electrons. The van der Waals surface area contributed by atoms with Gasteiger partial charge in [-0.25, -0.2) is 9.69 Å². The van der Waals surface area contributed by atoms with Gasteiger partial charge in [0.15, 0.2) is 0 Å². The first kappa shape index (κ1) is 26.1. The minimum absolute atomic E-state index is 0.308. The van der Waals surface area contributed by atoms with Gasteiger partial charge in [-0.15, -0.1) is 0 Å². The Balaban J connectivity index is 1.54. The molecule has 2 aliphatic heterocycles. The highest BCUT2D eigenvalue weighted by atomic mass is 35.5. The largest absolute Gasteiger partial charge is 0.378 e. The van der Waals surface area contributed by atoms with E-state index < -0.39 is 11.6 Å². The van der Waals surface area contributed by atoms with E-state index in [1.54, 1.807) is 42.3 Å². The lowest BCUT2D eigenvalue weighted by atomic mass is 9.80. The quantitative estimate of drug-likeness (QED) is 0.401. The van der Waals surface area contributed by atoms with Gasteiger partial charge in [0.2, 0.25) is 0 Å². The summed E-state index contributed by atoms with van der Waals surface area (Å²) < 4.78 is 0. The van der Waals surface area contributed by atoms with Crippen LogP contribution in [0.25, 0.3) is 0 Å². The molecule has 38 heavy (non-hydrogen) atoms. The molecule has 2 aliphatic rings. The molecule has 7 nitrogen and oxygen atoms in total. The van der Waals surface area contributed by atoms with Gasteiger partial charge in [0.05, 0.1) is 17.3 Å². The van der Waals surface area contributed by atoms with E-state index in [0.717, 1.165) is 16.8 Å². The molecule has 194 valence electrons. The monoisotopic (exact) mass is 547 g/mol. The zero-order chi connectivity index (χ0) is 27.2. The molecule has 0 aromatic heterocycles. The lowest BCUT2D eigenvalue weighted by molar-refractivity contribution is -0.124. The fraction of sp³-hybridized carbons (Fsp3) is 0.276. The highest BCUT2D eigenvalue weighted by Gasteiger charge is 2.64. The second-order valence-electron chi connectivity index (χ2n) is 10.1. The van der Waals surface area contributed by atoms with Crippen molar-refractivity contribution in [2.45, 2.75) is 18.0 Å². The standard InChI is InChI=1S/C29H27Cl2N5O2/c1-33(2)24-10-6-20(7-11-24)16-35-17-26(21-8-4-19(15-32)5-9-21)29(18-35)27(37)36(28(38)34(29)3)25-13-22(30)12-23(31)14-25/h4-14,26H,16-18H2,1-3H3/t26-,29+/m0/s1. The van der Waals surface area contributed by atoms with Gasteiger partial charge in [-0.3, -0.25) is 9.69 Å². The molecule has 0 aliphatic carbocycles. The van der Waals surface area contributed by atoms with Gasteiger partial charge in [-0.05, 0) is 53.6 Å². The topological polar surface area (TPSA) is 70.9 Å². The van der Waals surface area contributed by atoms with Gasteiger partial charge in [-0.1, -0.05) is 47.5 Å². The maximum Gasteiger partial charge on any atom is 0.332 e. The number of carbonyl (C=O) groups excluding carboxylic acids is 2. The Kier molecular flexibility index (Phi) is 6.83. The summed E-state index contributed by atoms with van der Waals surface area (Å²) in [5, 5.41) is 9.97. The number of hydrogen-bond donors (Lipinski definition) is 0. The number of carbonyl (C=O) groups is 2. The lowest BCUT2D eigenvalue weighted by Crippen LogP contribution is -2.53. The van der Waals surface area contributed by atoms with E-state index in [9.17, 15) is 14.9 Å². The first-order valence-electron chi connectivity index (χ1n) is 12.2. The summed E-state index contributed by atoms with van der Waals surface area (Å²) >= 11 is 12.4. The number of rotatable bonds is 5. The normalized spacial score (nSPS) is 21.4. The van der Waals surface area contributed by atoms with Crippen LogP contribution in [0.1, 0.15) is 22.6 Å². The van der Waals surface area contributed by atoms with Crippen LogP contribution in [0.4, 0.5) is 16.2 Å². The first-order valence-corrected chi connectivity index (χ1v) is 13.0. The smallest absolute Gasteiger partial charge is 0.332 e. The predicted molar refractivity (Wildman–Crippen MR) is 150 cm³/mol. The number of anilines is 2. The Bertz CT molecular complexity index is 1410. The number of benzene rings is 3. The molecule has 3 aromatic rings. The predicted octanol–water partition coefficient (Wildman–Crippen LogP) is 5.37. The van der Waals surface area contributed by atoms with E-state index >= 15 is 0 Å². The first-order chi connectivity index (χ1) is 18.1. The third kappa shape index (κ3) is 4.39. The number of urea groups is 1. The van der Waals surface area contributed by atoms with Crippen LogP contribution in [0, 0.1) is 11.3 Å². The van der Waals surface area contributed by atoms with Crippen LogP contribution in [-0.2, 0) is 11.3 Å². The molecule has 2 atom stereocenters. The van der Waals surface area contributed by atoms with Crippen molar-refractivity contribution in [1.82, 2.24) is 9.80 Å². The Morgan fingerprint density at radius 3 is 2.21 bits per heavy atom. The van der Waals surface area contributed by atoms with Gasteiger partial charge in [0.25, 0.3) is 5.91 Å². The van der Waals surface area contributed by atoms with Crippen molar-refractivity contribution in [3.05, 3.63) is 93.5 Å². The van der Waals surface area contributed by atoms with Crippen LogP contribution < -0.4 is 9.80 Å². The number of likely N-dealkylation sites (N-methyl/N-ethyl adjacent to an activating group) is 1. The van der Waals surface area contributed by atoms with Gasteiger partial charge >= 0.3 is 6.03 Å². The molecule has 0 bridgehead atoms. The van der Waals surface area contributed by atoms with Gasteiger partial charge < -0.3 is 9.80 Å². The van der Waals surface area contributed by atoms with Crippen molar-refractivity contribution < 1.29 is 9.59 Å². The average molecular weight is 548 g/mol. The van der Waals surface area contributed by atoms with Crippen molar-refractivity contribution >= 4 is 46.5 Å². The molecule has 0 N–H and O–H groups in total. The van der Waals surface area contributed by atoms with Gasteiger partial charge in [0, 0.05) is 62.4 Å². The number of hydrogen-bond acceptors (Lipinski definition) is 5. The van der Waals surface area contributed by atoms with E-state index in [-0.39, 0.29) is 11.8 Å². The molecule has 1 spiro atoms. The maximum absolute atomic E-state index is 14.3. The number of likely N-dealkylation sites (tertiary alicyclic amines) is 1. The molecule has 3 amide bonds. The fourth-order valence-corrected chi connectivity index (χ4v) is 6.09. The molecule has 0 unspecified atom stereocenters. The van der Waals surface area contributed by atoms with Crippen LogP contribution in [0.3, 0.4) is 0 Å². The van der Waals surface area contributed by atoms with E-state index in [2.05, 4.69) is 35.2 Å². The Hall–Kier alpha value is -3.57. The van der Waals surface area contributed by atoms with Crippen molar-refractivity contribution in [2.24, 2.45) is 0 Å². The molecule has 2 heterocycles. The second kappa shape index (κ2) is 9.95. The molecule has 0 saturated carbocycles. The van der Waals surface area contributed by atoms with E-state index in [1.807, 2.05) is 31.1 Å². The Labute approximate surface area is 232 Å². The highest BCUT2D eigenvalue weighted by Crippen LogP contribution is 2.47. The maximum atomic E-state index is 14.3. The van der Waals surface area contributed by atoms with Crippen LogP contribution in [0.5, 0.6) is 0 Å². The van der Waals surface area contributed by atoms with Gasteiger partial charge in [-0.2, -0.15) is 5.26 Å². The highest BCUT2D eigenvalue weighted by molar-refractivity contribution is 6.35. The Morgan fingerprint density at radius 2 is 1.63 bits per heavy atom. The van der Waals surface area contributed by atoms with Crippen molar-refractivity contribution in [2.75, 3.05) is 44.0 Å². The summed E-state index contributed by atoms with van der Waals surface area (Å²) in [7, 11) is 5.68. The molecular formula is C29H27Cl2N5O2. The number of amides is 3. The Morgan fingerprint density at radius 1 is 1.00 bits per heavy atom. The number of halogens is 2. The molecule has 3 aromatic carbocycles. The van der Waals surface area contributed by atoms with Crippen LogP contribution in [0.15, 0.2) is 66.7 Å². The van der Waals surface area contributed by atoms with E-state index in [0.29, 0.717) is 40.9 Å². The SMILES string of the molecule is CN(C)c1ccc(CN2C[C@@H](c3ccc(C#N)cc3)[C@]3(C2)C(=O)N(c2cc(Cl)cc(Cl)c2)C(=O)N3C)cc1. The minimum Gasteiger partial charge on any atom is -0.378 e. The van der Waals surface area contributed by atoms with Crippen molar-refractivity contribution in [3.8, 4) is 6.07 Å². The number of nitriles is 1. The molecular weight excluding hydrogens is 521 g/mol. The minimum atomic E-state index is -1.14. The van der Waals surface area contributed by atoms with E-state index in [4.69, 9.17) is 23.2 Å². The zero-order valence-corrected chi connectivity index (χ0v) is 22.9. The average Bonchev–Trinajstić information content (AvgIpc) is 3.35. The van der Waals surface area contributed by atoms with E-state index in [1.165, 1.54) is 4.90 Å². The molecule has 2 fully saturated rings. The molecule has 2 saturated heterocycles. The van der Waals surface area contributed by atoms with Gasteiger partial charge in [0.1, 0.15) is 5.54 Å². The summed E-state index contributed by atoms with van der Waals surface area (Å²) in [6.07, 6.45) is 0. The van der Waals surface area contributed by atoms with Crippen LogP contribution in [-0.4, -0.2) is 61.5 Å². The fourth-order valence-electron chi connectivity index (χ4n) is 5.57. The number of nitrogens with zero attached hydrogens (tertiary/aromatic N) is 5. The third-order valence-electron chi connectivity index (χ3n) is 7.54. The second-order valence-corrected chi connectivity index (χ2v) is 10.9. The summed E-state index contributed by atoms with van der Waals surface area (Å²) in [5.74, 6) is -0.624.